The molecule has 0 atom stereocenters. The number of nitrogens with zero attached hydrogens (tertiary/aromatic N) is 4. The van der Waals surface area contributed by atoms with Gasteiger partial charge in [-0.2, -0.15) is 11.8 Å². The summed E-state index contributed by atoms with van der Waals surface area (Å²) in [4.78, 5) is 14.0. The van der Waals surface area contributed by atoms with Crippen LogP contribution < -0.4 is 0 Å². The maximum Gasteiger partial charge on any atom is 0.136 e. The molecule has 4 rings (SSSR count). The SMILES string of the molecule is CC/C(=C\CCCSCCO)c1nc(-c2ccc(Cl)cc2)c(-c2ccncn2)n1CCc1ccccc1. The van der Waals surface area contributed by atoms with E-state index in [1.165, 1.54) is 11.1 Å². The van der Waals surface area contributed by atoms with Crippen LogP contribution in [0.15, 0.2) is 79.3 Å². The number of allylic oxidation sites excluding steroid dienone is 2. The summed E-state index contributed by atoms with van der Waals surface area (Å²) in [6, 6.07) is 20.4. The van der Waals surface area contributed by atoms with E-state index in [1.54, 1.807) is 24.3 Å². The lowest BCUT2D eigenvalue weighted by molar-refractivity contribution is 0.322. The molecule has 4 aromatic rings. The van der Waals surface area contributed by atoms with Crippen molar-refractivity contribution < 1.29 is 5.11 Å². The van der Waals surface area contributed by atoms with Crippen molar-refractivity contribution in [3.63, 3.8) is 0 Å². The van der Waals surface area contributed by atoms with Gasteiger partial charge in [-0.3, -0.25) is 0 Å². The molecule has 2 aromatic carbocycles. The Labute approximate surface area is 228 Å². The minimum atomic E-state index is 0.235. The van der Waals surface area contributed by atoms with Crippen LogP contribution in [-0.4, -0.2) is 42.7 Å². The molecule has 0 spiro atoms. The highest BCUT2D eigenvalue weighted by Gasteiger charge is 2.22. The van der Waals surface area contributed by atoms with Gasteiger partial charge in [0.05, 0.1) is 23.7 Å². The lowest BCUT2D eigenvalue weighted by Crippen LogP contribution is -2.08. The predicted octanol–water partition coefficient (Wildman–Crippen LogP) is 7.20. The van der Waals surface area contributed by atoms with Crippen LogP contribution >= 0.6 is 23.4 Å². The molecule has 37 heavy (non-hydrogen) atoms. The number of aliphatic hydroxyl groups is 1. The zero-order valence-electron chi connectivity index (χ0n) is 21.2. The topological polar surface area (TPSA) is 63.8 Å². The van der Waals surface area contributed by atoms with Gasteiger partial charge in [-0.25, -0.2) is 15.0 Å². The van der Waals surface area contributed by atoms with Crippen molar-refractivity contribution in [3.8, 4) is 22.6 Å². The summed E-state index contributed by atoms with van der Waals surface area (Å²) in [6.45, 7) is 3.21. The third kappa shape index (κ3) is 7.31. The molecule has 0 aliphatic heterocycles. The molecule has 0 bridgehead atoms. The summed E-state index contributed by atoms with van der Waals surface area (Å²) in [7, 11) is 0. The fourth-order valence-electron chi connectivity index (χ4n) is 4.32. The van der Waals surface area contributed by atoms with Crippen LogP contribution in [0.5, 0.6) is 0 Å². The Morgan fingerprint density at radius 3 is 2.57 bits per heavy atom. The van der Waals surface area contributed by atoms with E-state index in [4.69, 9.17) is 21.7 Å². The third-order valence-corrected chi connectivity index (χ3v) is 7.46. The fraction of sp³-hybridized carbons (Fsp3) is 0.300. The zero-order chi connectivity index (χ0) is 25.9. The Morgan fingerprint density at radius 1 is 1.05 bits per heavy atom. The fourth-order valence-corrected chi connectivity index (χ4v) is 5.15. The average Bonchev–Trinajstić information content (AvgIpc) is 3.32. The number of aromatic nitrogens is 4. The van der Waals surface area contributed by atoms with E-state index in [0.717, 1.165) is 72.2 Å². The lowest BCUT2D eigenvalue weighted by Gasteiger charge is -2.14. The van der Waals surface area contributed by atoms with Gasteiger partial charge >= 0.3 is 0 Å². The summed E-state index contributed by atoms with van der Waals surface area (Å²) < 4.78 is 2.33. The second-order valence-electron chi connectivity index (χ2n) is 8.68. The molecule has 0 aliphatic rings. The molecule has 0 saturated carbocycles. The van der Waals surface area contributed by atoms with Crippen LogP contribution in [0.4, 0.5) is 0 Å². The highest BCUT2D eigenvalue weighted by atomic mass is 35.5. The van der Waals surface area contributed by atoms with Gasteiger partial charge in [0.15, 0.2) is 0 Å². The van der Waals surface area contributed by atoms with Crippen LogP contribution in [-0.2, 0) is 13.0 Å². The van der Waals surface area contributed by atoms with Gasteiger partial charge in [0.25, 0.3) is 0 Å². The molecular weight excluding hydrogens is 500 g/mol. The highest BCUT2D eigenvalue weighted by molar-refractivity contribution is 7.99. The Kier molecular flexibility index (Phi) is 10.4. The molecule has 7 heteroatoms. The molecule has 0 aliphatic carbocycles. The second kappa shape index (κ2) is 14.1. The standard InChI is InChI=1S/C30H33ClN4OS/c1-2-24(10-6-7-20-37-21-19-36)30-34-28(25-11-13-26(31)14-12-25)29(27-15-17-32-22-33-27)35(30)18-16-23-8-4-3-5-9-23/h3-5,8-15,17,22,36H,2,6-7,16,18-21H2,1H3/b24-10+. The molecule has 2 heterocycles. The van der Waals surface area contributed by atoms with Crippen LogP contribution in [0.25, 0.3) is 28.2 Å². The van der Waals surface area contributed by atoms with Gasteiger partial charge in [-0.15, -0.1) is 0 Å². The first kappa shape index (κ1) is 27.1. The van der Waals surface area contributed by atoms with Crippen LogP contribution in [0.3, 0.4) is 0 Å². The molecule has 0 amide bonds. The first-order valence-corrected chi connectivity index (χ1v) is 14.3. The number of hydrogen-bond donors (Lipinski definition) is 1. The van der Waals surface area contributed by atoms with Crippen molar-refractivity contribution in [2.45, 2.75) is 39.2 Å². The van der Waals surface area contributed by atoms with Crippen LogP contribution in [0.1, 0.15) is 37.6 Å². The molecule has 0 fully saturated rings. The molecule has 192 valence electrons. The number of hydrogen-bond acceptors (Lipinski definition) is 5. The summed E-state index contributed by atoms with van der Waals surface area (Å²) in [6.07, 6.45) is 9.52. The molecule has 5 nitrogen and oxygen atoms in total. The van der Waals surface area contributed by atoms with Crippen molar-refractivity contribution in [2.24, 2.45) is 0 Å². The predicted molar refractivity (Wildman–Crippen MR) is 156 cm³/mol. The number of imidazole rings is 1. The first-order valence-electron chi connectivity index (χ1n) is 12.8. The summed E-state index contributed by atoms with van der Waals surface area (Å²) in [5.74, 6) is 2.82. The maximum absolute atomic E-state index is 9.03. The normalized spacial score (nSPS) is 11.7. The zero-order valence-corrected chi connectivity index (χ0v) is 22.8. The molecule has 0 unspecified atom stereocenters. The van der Waals surface area contributed by atoms with Crippen molar-refractivity contribution in [1.82, 2.24) is 19.5 Å². The van der Waals surface area contributed by atoms with Gasteiger partial charge in [0.2, 0.25) is 0 Å². The molecule has 1 N–H and O–H groups in total. The van der Waals surface area contributed by atoms with Gasteiger partial charge in [-0.05, 0) is 60.8 Å². The van der Waals surface area contributed by atoms with Gasteiger partial charge < -0.3 is 9.67 Å². The van der Waals surface area contributed by atoms with Gasteiger partial charge in [0, 0.05) is 29.1 Å². The summed E-state index contributed by atoms with van der Waals surface area (Å²) >= 11 is 8.01. The van der Waals surface area contributed by atoms with Crippen molar-refractivity contribution in [1.29, 1.82) is 0 Å². The minimum absolute atomic E-state index is 0.235. The van der Waals surface area contributed by atoms with E-state index in [0.29, 0.717) is 5.02 Å². The Hall–Kier alpha value is -2.93. The smallest absolute Gasteiger partial charge is 0.136 e. The van der Waals surface area contributed by atoms with Crippen LogP contribution in [0.2, 0.25) is 5.02 Å². The Bertz CT molecular complexity index is 1270. The number of aliphatic hydroxyl groups excluding tert-OH is 1. The van der Waals surface area contributed by atoms with E-state index in [9.17, 15) is 0 Å². The number of rotatable bonds is 13. The Morgan fingerprint density at radius 2 is 1.86 bits per heavy atom. The van der Waals surface area contributed by atoms with Gasteiger partial charge in [0.1, 0.15) is 12.2 Å². The Balaban J connectivity index is 1.79. The number of benzene rings is 2. The summed E-state index contributed by atoms with van der Waals surface area (Å²) in [5.41, 5.74) is 6.27. The van der Waals surface area contributed by atoms with Crippen molar-refractivity contribution in [3.05, 3.63) is 95.7 Å². The number of thioether (sulfide) groups is 1. The molecule has 0 radical (unpaired) electrons. The number of halogens is 1. The van der Waals surface area contributed by atoms with E-state index < -0.39 is 0 Å². The van der Waals surface area contributed by atoms with Gasteiger partial charge in [-0.1, -0.05) is 67.1 Å². The number of aryl methyl sites for hydroxylation is 1. The largest absolute Gasteiger partial charge is 0.396 e. The first-order chi connectivity index (χ1) is 18.2. The van der Waals surface area contributed by atoms with E-state index in [1.807, 2.05) is 36.4 Å². The van der Waals surface area contributed by atoms with E-state index in [2.05, 4.69) is 51.8 Å². The van der Waals surface area contributed by atoms with E-state index >= 15 is 0 Å². The maximum atomic E-state index is 9.03. The monoisotopic (exact) mass is 532 g/mol. The third-order valence-electron chi connectivity index (χ3n) is 6.16. The van der Waals surface area contributed by atoms with Crippen LogP contribution in [0, 0.1) is 0 Å². The van der Waals surface area contributed by atoms with Crippen molar-refractivity contribution in [2.75, 3.05) is 18.1 Å². The highest BCUT2D eigenvalue weighted by Crippen LogP contribution is 2.35. The molecule has 0 saturated heterocycles. The second-order valence-corrected chi connectivity index (χ2v) is 10.3. The number of unbranched alkanes of at least 4 members (excludes halogenated alkanes) is 1. The summed E-state index contributed by atoms with van der Waals surface area (Å²) in [5, 5.41) is 9.73. The van der Waals surface area contributed by atoms with E-state index in [-0.39, 0.29) is 6.61 Å². The quantitative estimate of drug-likeness (QED) is 0.184. The average molecular weight is 533 g/mol. The lowest BCUT2D eigenvalue weighted by atomic mass is 10.1. The molecular formula is C30H33ClN4OS. The minimum Gasteiger partial charge on any atom is -0.396 e. The van der Waals surface area contributed by atoms with Crippen molar-refractivity contribution >= 4 is 28.9 Å². The molecule has 2 aromatic heterocycles.